The molecule has 1 fully saturated rings. The maximum absolute atomic E-state index is 11.8. The second kappa shape index (κ2) is 8.27. The molecule has 29 heavy (non-hydrogen) atoms. The third-order valence-corrected chi connectivity index (χ3v) is 7.21. The van der Waals surface area contributed by atoms with Gasteiger partial charge in [0.2, 0.25) is 10.0 Å². The number of aliphatic carboxylic acids is 1. The fraction of sp³-hybridized carbons (Fsp3) is 0.389. The minimum Gasteiger partial charge on any atom is -0.480 e. The zero-order valence-corrected chi connectivity index (χ0v) is 17.2. The Morgan fingerprint density at radius 1 is 1.28 bits per heavy atom. The lowest BCUT2D eigenvalue weighted by atomic mass is 10.1. The van der Waals surface area contributed by atoms with Crippen LogP contribution in [-0.2, 0) is 21.4 Å². The quantitative estimate of drug-likeness (QED) is 0.530. The molecule has 4 rings (SSSR count). The van der Waals surface area contributed by atoms with Crippen LogP contribution in [0.2, 0.25) is 0 Å². The van der Waals surface area contributed by atoms with Gasteiger partial charge in [0.05, 0.1) is 5.69 Å². The zero-order valence-electron chi connectivity index (χ0n) is 15.5. The van der Waals surface area contributed by atoms with Crippen molar-refractivity contribution in [3.8, 4) is 0 Å². The normalized spacial score (nSPS) is 17.2. The van der Waals surface area contributed by atoms with Gasteiger partial charge in [-0.2, -0.15) is 0 Å². The number of fused-ring (bicyclic) bond motifs is 2. The largest absolute Gasteiger partial charge is 0.480 e. The maximum atomic E-state index is 11.8. The first-order chi connectivity index (χ1) is 13.9. The van der Waals surface area contributed by atoms with Gasteiger partial charge in [0.25, 0.3) is 0 Å². The van der Waals surface area contributed by atoms with Gasteiger partial charge in [-0.15, -0.1) is 0 Å². The number of anilines is 2. The van der Waals surface area contributed by atoms with Crippen molar-refractivity contribution in [1.29, 1.82) is 0 Å². The number of rotatable bonds is 6. The summed E-state index contributed by atoms with van der Waals surface area (Å²) in [6.45, 7) is 2.25. The minimum absolute atomic E-state index is 0.215. The molecule has 3 heterocycles. The number of piperidine rings is 1. The van der Waals surface area contributed by atoms with Crippen molar-refractivity contribution in [2.75, 3.05) is 24.2 Å². The van der Waals surface area contributed by atoms with Crippen LogP contribution in [-0.4, -0.2) is 59.2 Å². The molecule has 0 amide bonds. The number of sulfonamides is 1. The molecular weight excluding hydrogens is 414 g/mol. The van der Waals surface area contributed by atoms with E-state index in [0.717, 1.165) is 46.6 Å². The lowest BCUT2D eigenvalue weighted by molar-refractivity contribution is -0.134. The van der Waals surface area contributed by atoms with Crippen LogP contribution in [0.25, 0.3) is 0 Å². The highest BCUT2D eigenvalue weighted by Gasteiger charge is 2.25. The van der Waals surface area contributed by atoms with Gasteiger partial charge >= 0.3 is 5.97 Å². The van der Waals surface area contributed by atoms with Gasteiger partial charge in [-0.05, 0) is 30.5 Å². The van der Waals surface area contributed by atoms with Crippen molar-refractivity contribution >= 4 is 39.3 Å². The lowest BCUT2D eigenvalue weighted by Gasteiger charge is -2.32. The maximum Gasteiger partial charge on any atom is 0.320 e. The highest BCUT2D eigenvalue weighted by atomic mass is 32.2. The van der Waals surface area contributed by atoms with Crippen molar-refractivity contribution in [2.45, 2.75) is 35.3 Å². The highest BCUT2D eigenvalue weighted by molar-refractivity contribution is 7.99. The molecule has 0 unspecified atom stereocenters. The molecule has 2 aliphatic rings. The van der Waals surface area contributed by atoms with Gasteiger partial charge in [-0.3, -0.25) is 9.69 Å². The number of carboxylic acids is 1. The first-order valence-electron chi connectivity index (χ1n) is 9.21. The monoisotopic (exact) mass is 435 g/mol. The van der Waals surface area contributed by atoms with Crippen LogP contribution in [0.15, 0.2) is 40.5 Å². The predicted octanol–water partition coefficient (Wildman–Crippen LogP) is 1.65. The third-order valence-electron chi connectivity index (χ3n) is 4.82. The Labute approximate surface area is 173 Å². The first-order valence-corrected chi connectivity index (χ1v) is 11.7. The Morgan fingerprint density at radius 3 is 2.79 bits per heavy atom. The fourth-order valence-corrected chi connectivity index (χ4v) is 5.54. The number of hydrogen-bond acceptors (Lipinski definition) is 8. The van der Waals surface area contributed by atoms with Crippen LogP contribution in [0.1, 0.15) is 18.4 Å². The molecule has 0 spiro atoms. The van der Waals surface area contributed by atoms with E-state index in [9.17, 15) is 13.2 Å². The molecule has 0 saturated carbocycles. The van der Waals surface area contributed by atoms with Crippen LogP contribution in [0.4, 0.5) is 11.5 Å². The van der Waals surface area contributed by atoms with Crippen LogP contribution in [0.3, 0.4) is 0 Å². The summed E-state index contributed by atoms with van der Waals surface area (Å²) in [5.41, 5.74) is 2.17. The van der Waals surface area contributed by atoms with Crippen molar-refractivity contribution in [3.05, 3.63) is 36.2 Å². The van der Waals surface area contributed by atoms with Crippen molar-refractivity contribution in [2.24, 2.45) is 0 Å². The van der Waals surface area contributed by atoms with Gasteiger partial charge in [0, 0.05) is 43.0 Å². The van der Waals surface area contributed by atoms with Gasteiger partial charge in [-0.1, -0.05) is 17.8 Å². The number of carbonyl (C=O) groups is 1. The van der Waals surface area contributed by atoms with E-state index in [1.807, 2.05) is 0 Å². The molecule has 0 atom stereocenters. The summed E-state index contributed by atoms with van der Waals surface area (Å²) < 4.78 is 26.1. The second-order valence-corrected chi connectivity index (χ2v) is 9.87. The molecule has 1 aromatic carbocycles. The van der Waals surface area contributed by atoms with Crippen LogP contribution >= 0.6 is 11.8 Å². The molecule has 2 aromatic rings. The van der Waals surface area contributed by atoms with Gasteiger partial charge in [0.1, 0.15) is 5.03 Å². The van der Waals surface area contributed by atoms with Gasteiger partial charge < -0.3 is 10.4 Å². The summed E-state index contributed by atoms with van der Waals surface area (Å²) in [7, 11) is -3.78. The number of aromatic nitrogens is 2. The van der Waals surface area contributed by atoms with E-state index < -0.39 is 21.7 Å². The van der Waals surface area contributed by atoms with Crippen LogP contribution in [0.5, 0.6) is 0 Å². The average molecular weight is 436 g/mol. The number of benzene rings is 1. The lowest BCUT2D eigenvalue weighted by Crippen LogP contribution is -2.45. The number of hydrogen-bond donors (Lipinski definition) is 3. The fourth-order valence-electron chi connectivity index (χ4n) is 3.50. The number of nitrogens with zero attached hydrogens (tertiary/aromatic N) is 3. The Bertz CT molecular complexity index is 1020. The van der Waals surface area contributed by atoms with E-state index in [1.54, 1.807) is 24.2 Å². The molecule has 9 nitrogen and oxygen atoms in total. The summed E-state index contributed by atoms with van der Waals surface area (Å²) >= 11 is 1.59. The summed E-state index contributed by atoms with van der Waals surface area (Å²) in [6.07, 6.45) is 4.65. The van der Waals surface area contributed by atoms with Crippen molar-refractivity contribution < 1.29 is 18.3 Å². The van der Waals surface area contributed by atoms with Crippen LogP contribution in [0, 0.1) is 0 Å². The molecule has 0 radical (unpaired) electrons. The Kier molecular flexibility index (Phi) is 5.72. The van der Waals surface area contributed by atoms with Crippen molar-refractivity contribution in [3.63, 3.8) is 0 Å². The standard InChI is InChI=1S/C18H21N5O4S2/c24-16(25)11-29(26,27)22-13-3-7-23(8-4-13)10-12-1-2-15-14(9-12)21-17-18(28-15)20-6-5-19-17/h1-2,5-6,9,13,22H,3-4,7-8,10-11H2,(H,19,21)(H,24,25). The van der Waals surface area contributed by atoms with Crippen LogP contribution < -0.4 is 10.0 Å². The predicted molar refractivity (Wildman–Crippen MR) is 109 cm³/mol. The first kappa shape index (κ1) is 20.1. The topological polar surface area (TPSA) is 125 Å². The summed E-state index contributed by atoms with van der Waals surface area (Å²) in [4.78, 5) is 22.7. The summed E-state index contributed by atoms with van der Waals surface area (Å²) in [5, 5.41) is 12.9. The molecule has 0 aliphatic carbocycles. The minimum atomic E-state index is -3.78. The van der Waals surface area contributed by atoms with E-state index >= 15 is 0 Å². The number of likely N-dealkylation sites (tertiary alicyclic amines) is 1. The molecule has 11 heteroatoms. The zero-order chi connectivity index (χ0) is 20.4. The Balaban J connectivity index is 1.33. The molecule has 154 valence electrons. The molecule has 3 N–H and O–H groups in total. The average Bonchev–Trinajstić information content (AvgIpc) is 2.66. The van der Waals surface area contributed by atoms with E-state index in [-0.39, 0.29) is 6.04 Å². The van der Waals surface area contributed by atoms with E-state index in [4.69, 9.17) is 5.11 Å². The molecule has 2 aliphatic heterocycles. The van der Waals surface area contributed by atoms with Gasteiger partial charge in [0.15, 0.2) is 11.6 Å². The third kappa shape index (κ3) is 5.04. The smallest absolute Gasteiger partial charge is 0.320 e. The Hall–Kier alpha value is -2.21. The highest BCUT2D eigenvalue weighted by Crippen LogP contribution is 2.42. The SMILES string of the molecule is O=C(O)CS(=O)(=O)NC1CCN(Cc2ccc3c(c2)Nc2nccnc2S3)CC1. The molecule has 1 saturated heterocycles. The number of carboxylic acid groups (broad SMARTS) is 1. The van der Waals surface area contributed by atoms with Crippen molar-refractivity contribution in [1.82, 2.24) is 19.6 Å². The van der Waals surface area contributed by atoms with E-state index in [1.165, 1.54) is 0 Å². The van der Waals surface area contributed by atoms with E-state index in [2.05, 4.69) is 43.1 Å². The summed E-state index contributed by atoms with van der Waals surface area (Å²) in [6, 6.07) is 6.07. The summed E-state index contributed by atoms with van der Waals surface area (Å²) in [5.74, 6) is -1.47. The molecule has 0 bridgehead atoms. The van der Waals surface area contributed by atoms with Gasteiger partial charge in [-0.25, -0.2) is 23.1 Å². The molecule has 1 aromatic heterocycles. The Morgan fingerprint density at radius 2 is 2.03 bits per heavy atom. The van der Waals surface area contributed by atoms with E-state index in [0.29, 0.717) is 12.8 Å². The second-order valence-electron chi connectivity index (χ2n) is 7.09. The molecular formula is C18H21N5O4S2. The number of nitrogens with one attached hydrogen (secondary N) is 2.